The van der Waals surface area contributed by atoms with Crippen molar-refractivity contribution >= 4 is 0 Å². The molecule has 1 fully saturated rings. The van der Waals surface area contributed by atoms with Crippen LogP contribution in [0, 0.1) is 5.92 Å². The van der Waals surface area contributed by atoms with E-state index in [4.69, 9.17) is 0 Å². The number of halogens is 2. The molecular formula is C9H18F2. The van der Waals surface area contributed by atoms with Crippen LogP contribution in [-0.4, -0.2) is 6.43 Å². The summed E-state index contributed by atoms with van der Waals surface area (Å²) in [4.78, 5) is 0. The van der Waals surface area contributed by atoms with Crippen molar-refractivity contribution in [3.8, 4) is 0 Å². The number of alkyl halides is 2. The molecule has 68 valence electrons. The first-order chi connectivity index (χ1) is 5.13. The van der Waals surface area contributed by atoms with E-state index in [9.17, 15) is 8.78 Å². The van der Waals surface area contributed by atoms with Crippen molar-refractivity contribution < 1.29 is 8.78 Å². The van der Waals surface area contributed by atoms with E-state index < -0.39 is 6.43 Å². The van der Waals surface area contributed by atoms with Gasteiger partial charge in [-0.3, -0.25) is 0 Å². The van der Waals surface area contributed by atoms with E-state index >= 15 is 0 Å². The summed E-state index contributed by atoms with van der Waals surface area (Å²) in [6.45, 7) is 3.19. The van der Waals surface area contributed by atoms with Crippen LogP contribution in [0.4, 0.5) is 8.78 Å². The van der Waals surface area contributed by atoms with Crippen molar-refractivity contribution in [2.24, 2.45) is 5.92 Å². The van der Waals surface area contributed by atoms with Crippen LogP contribution in [0.3, 0.4) is 0 Å². The molecule has 0 aromatic carbocycles. The van der Waals surface area contributed by atoms with Gasteiger partial charge in [-0.2, -0.15) is 0 Å². The molecule has 0 aromatic rings. The second-order valence-corrected chi connectivity index (χ2v) is 3.26. The van der Waals surface area contributed by atoms with E-state index in [2.05, 4.69) is 6.92 Å². The minimum absolute atomic E-state index is 0.833. The van der Waals surface area contributed by atoms with Gasteiger partial charge in [0.2, 0.25) is 6.43 Å². The number of rotatable bonds is 0. The van der Waals surface area contributed by atoms with Crippen LogP contribution in [0.25, 0.3) is 0 Å². The molecule has 1 aliphatic rings. The van der Waals surface area contributed by atoms with Gasteiger partial charge in [0.1, 0.15) is 0 Å². The molecule has 0 aromatic heterocycles. The third kappa shape index (κ3) is 9.86. The smallest absolute Gasteiger partial charge is 0.211 e. The van der Waals surface area contributed by atoms with Crippen LogP contribution in [0.1, 0.15) is 46.0 Å². The van der Waals surface area contributed by atoms with Gasteiger partial charge in [-0.25, -0.2) is 8.78 Å². The first-order valence-electron chi connectivity index (χ1n) is 4.41. The van der Waals surface area contributed by atoms with Crippen molar-refractivity contribution in [1.29, 1.82) is 0 Å². The zero-order valence-electron chi connectivity index (χ0n) is 7.45. The van der Waals surface area contributed by atoms with Crippen LogP contribution in [0.15, 0.2) is 0 Å². The van der Waals surface area contributed by atoms with Crippen LogP contribution < -0.4 is 0 Å². The topological polar surface area (TPSA) is 0 Å². The quantitative estimate of drug-likeness (QED) is 0.510. The summed E-state index contributed by atoms with van der Waals surface area (Å²) in [6.07, 6.45) is 5.27. The molecule has 0 N–H and O–H groups in total. The lowest BCUT2D eigenvalue weighted by Crippen LogP contribution is -1.99. The molecule has 0 unspecified atom stereocenters. The van der Waals surface area contributed by atoms with Crippen molar-refractivity contribution in [3.63, 3.8) is 0 Å². The first-order valence-corrected chi connectivity index (χ1v) is 4.41. The lowest BCUT2D eigenvalue weighted by atomic mass is 9.91. The zero-order valence-corrected chi connectivity index (χ0v) is 7.45. The molecule has 1 rings (SSSR count). The fourth-order valence-corrected chi connectivity index (χ4v) is 1.31. The Morgan fingerprint density at radius 3 is 1.64 bits per heavy atom. The molecule has 0 atom stereocenters. The van der Waals surface area contributed by atoms with Crippen LogP contribution in [0.2, 0.25) is 0 Å². The number of hydrogen-bond acceptors (Lipinski definition) is 0. The van der Waals surface area contributed by atoms with Crippen molar-refractivity contribution in [1.82, 2.24) is 0 Å². The van der Waals surface area contributed by atoms with Gasteiger partial charge in [0.25, 0.3) is 0 Å². The van der Waals surface area contributed by atoms with Gasteiger partial charge in [-0.1, -0.05) is 39.0 Å². The minimum Gasteiger partial charge on any atom is -0.211 e. The van der Waals surface area contributed by atoms with Gasteiger partial charge in [0.05, 0.1) is 0 Å². The van der Waals surface area contributed by atoms with Gasteiger partial charge >= 0.3 is 0 Å². The first kappa shape index (κ1) is 10.9. The maximum Gasteiger partial charge on any atom is 0.235 e. The van der Waals surface area contributed by atoms with Gasteiger partial charge in [-0.15, -0.1) is 0 Å². The fraction of sp³-hybridized carbons (Fsp3) is 1.00. The lowest BCUT2D eigenvalue weighted by molar-refractivity contribution is 0.171. The molecule has 1 saturated carbocycles. The summed E-state index contributed by atoms with van der Waals surface area (Å²) in [5, 5.41) is 0. The molecule has 2 heteroatoms. The summed E-state index contributed by atoms with van der Waals surface area (Å²) in [5.41, 5.74) is 0. The third-order valence-corrected chi connectivity index (χ3v) is 1.89. The highest BCUT2D eigenvalue weighted by Crippen LogP contribution is 2.21. The standard InChI is InChI=1S/C7H14.C2H4F2/c1-7-5-3-2-4-6-7;1-2(3)4/h7H,2-6H2,1H3;2H,1H3. The van der Waals surface area contributed by atoms with Gasteiger partial charge < -0.3 is 0 Å². The lowest BCUT2D eigenvalue weighted by Gasteiger charge is -2.15. The third-order valence-electron chi connectivity index (χ3n) is 1.89. The molecule has 0 aliphatic heterocycles. The second-order valence-electron chi connectivity index (χ2n) is 3.26. The summed E-state index contributed by atoms with van der Waals surface area (Å²) in [5.74, 6) is 1.04. The summed E-state index contributed by atoms with van der Waals surface area (Å²) in [7, 11) is 0. The monoisotopic (exact) mass is 164 g/mol. The van der Waals surface area contributed by atoms with E-state index in [1.165, 1.54) is 32.1 Å². The second kappa shape index (κ2) is 6.56. The normalized spacial score (nSPS) is 19.4. The molecular weight excluding hydrogens is 146 g/mol. The Kier molecular flexibility index (Phi) is 6.48. The Balaban J connectivity index is 0.000000218. The van der Waals surface area contributed by atoms with Crippen molar-refractivity contribution in [2.75, 3.05) is 0 Å². The predicted molar refractivity (Wildman–Crippen MR) is 43.9 cm³/mol. The maximum atomic E-state index is 10.3. The number of hydrogen-bond donors (Lipinski definition) is 0. The fourth-order valence-electron chi connectivity index (χ4n) is 1.31. The molecule has 0 spiro atoms. The Labute approximate surface area is 68.0 Å². The van der Waals surface area contributed by atoms with Crippen LogP contribution in [0.5, 0.6) is 0 Å². The average molecular weight is 164 g/mol. The molecule has 0 nitrogen and oxygen atoms in total. The van der Waals surface area contributed by atoms with E-state index in [1.54, 1.807) is 0 Å². The van der Waals surface area contributed by atoms with Crippen LogP contribution in [-0.2, 0) is 0 Å². The Morgan fingerprint density at radius 2 is 1.45 bits per heavy atom. The minimum atomic E-state index is -2.17. The summed E-state index contributed by atoms with van der Waals surface area (Å²) >= 11 is 0. The van der Waals surface area contributed by atoms with E-state index in [0.717, 1.165) is 12.8 Å². The molecule has 1 aliphatic carbocycles. The van der Waals surface area contributed by atoms with Crippen molar-refractivity contribution in [2.45, 2.75) is 52.4 Å². The molecule has 0 heterocycles. The summed E-state index contributed by atoms with van der Waals surface area (Å²) < 4.78 is 20.7. The SMILES string of the molecule is CC(F)F.CC1CCCCC1. The average Bonchev–Trinajstić information content (AvgIpc) is 1.87. The highest BCUT2D eigenvalue weighted by Gasteiger charge is 2.05. The largest absolute Gasteiger partial charge is 0.235 e. The van der Waals surface area contributed by atoms with E-state index in [0.29, 0.717) is 0 Å². The Hall–Kier alpha value is -0.140. The highest BCUT2D eigenvalue weighted by molar-refractivity contribution is 4.59. The van der Waals surface area contributed by atoms with E-state index in [1.807, 2.05) is 0 Å². The highest BCUT2D eigenvalue weighted by atomic mass is 19.3. The molecule has 0 radical (unpaired) electrons. The summed E-state index contributed by atoms with van der Waals surface area (Å²) in [6, 6.07) is 0. The van der Waals surface area contributed by atoms with Gasteiger partial charge in [0.15, 0.2) is 0 Å². The molecule has 0 bridgehead atoms. The molecule has 0 amide bonds. The zero-order chi connectivity index (χ0) is 8.69. The van der Waals surface area contributed by atoms with Gasteiger partial charge in [0, 0.05) is 0 Å². The maximum absolute atomic E-state index is 10.3. The molecule has 0 saturated heterocycles. The van der Waals surface area contributed by atoms with Crippen molar-refractivity contribution in [3.05, 3.63) is 0 Å². The van der Waals surface area contributed by atoms with Gasteiger partial charge in [-0.05, 0) is 12.8 Å². The van der Waals surface area contributed by atoms with Crippen LogP contribution >= 0.6 is 0 Å². The van der Waals surface area contributed by atoms with E-state index in [-0.39, 0.29) is 0 Å². The molecule has 11 heavy (non-hydrogen) atoms. The Bertz CT molecular complexity index is 72.9. The predicted octanol–water partition coefficient (Wildman–Crippen LogP) is 3.86. The Morgan fingerprint density at radius 1 is 1.09 bits per heavy atom.